The number of halogens is 1. The number of carbonyl (C=O) groups excluding carboxylic acids is 2. The fourth-order valence-corrected chi connectivity index (χ4v) is 3.09. The Hall–Kier alpha value is -1.64. The van der Waals surface area contributed by atoms with Crippen molar-refractivity contribution in [3.8, 4) is 0 Å². The number of hydrogen-bond donors (Lipinski definition) is 2. The molecule has 2 rings (SSSR count). The second kappa shape index (κ2) is 5.63. The average molecular weight is 332 g/mol. The topological polar surface area (TPSA) is 110 Å². The van der Waals surface area contributed by atoms with E-state index in [1.54, 1.807) is 0 Å². The predicted octanol–water partition coefficient (Wildman–Crippen LogP) is 0.0934. The molecular formula is C12H14ClN3O4S. The van der Waals surface area contributed by atoms with E-state index in [1.807, 2.05) is 0 Å². The Bertz CT molecular complexity index is 704. The van der Waals surface area contributed by atoms with Gasteiger partial charge in [-0.1, -0.05) is 11.6 Å². The summed E-state index contributed by atoms with van der Waals surface area (Å²) in [7, 11) is -2.36. The third-order valence-electron chi connectivity index (χ3n) is 3.28. The van der Waals surface area contributed by atoms with Gasteiger partial charge in [0.05, 0.1) is 11.3 Å². The maximum atomic E-state index is 12.0. The molecule has 9 heteroatoms. The monoisotopic (exact) mass is 331 g/mol. The Morgan fingerprint density at radius 2 is 2.14 bits per heavy atom. The van der Waals surface area contributed by atoms with Gasteiger partial charge in [-0.25, -0.2) is 13.6 Å². The minimum absolute atomic E-state index is 0.0801. The molecule has 1 aliphatic heterocycles. The van der Waals surface area contributed by atoms with Crippen LogP contribution >= 0.6 is 11.6 Å². The number of nitrogens with zero attached hydrogens (tertiary/aromatic N) is 1. The number of amides is 2. The second-order valence-electron chi connectivity index (χ2n) is 4.66. The van der Waals surface area contributed by atoms with Crippen LogP contribution in [0.4, 0.5) is 5.69 Å². The van der Waals surface area contributed by atoms with Crippen LogP contribution in [0.3, 0.4) is 0 Å². The van der Waals surface area contributed by atoms with E-state index in [0.29, 0.717) is 10.7 Å². The second-order valence-corrected chi connectivity index (χ2v) is 6.94. The molecule has 1 unspecified atom stereocenters. The van der Waals surface area contributed by atoms with Crippen molar-refractivity contribution in [3.63, 3.8) is 0 Å². The molecule has 1 atom stereocenters. The van der Waals surface area contributed by atoms with Gasteiger partial charge < -0.3 is 10.2 Å². The Morgan fingerprint density at radius 3 is 2.67 bits per heavy atom. The van der Waals surface area contributed by atoms with Crippen molar-refractivity contribution in [2.45, 2.75) is 11.7 Å². The summed E-state index contributed by atoms with van der Waals surface area (Å²) in [6, 6.07) is 4.46. The van der Waals surface area contributed by atoms with Gasteiger partial charge in [-0.2, -0.15) is 0 Å². The average Bonchev–Trinajstić information content (AvgIpc) is 2.80. The van der Waals surface area contributed by atoms with Gasteiger partial charge in [-0.3, -0.25) is 9.59 Å². The van der Waals surface area contributed by atoms with Crippen molar-refractivity contribution in [2.75, 3.05) is 18.5 Å². The zero-order valence-electron chi connectivity index (χ0n) is 11.2. The summed E-state index contributed by atoms with van der Waals surface area (Å²) >= 11 is 5.86. The van der Waals surface area contributed by atoms with Crippen molar-refractivity contribution < 1.29 is 18.0 Å². The number of benzene rings is 1. The molecule has 1 aromatic rings. The van der Waals surface area contributed by atoms with Crippen molar-refractivity contribution in [1.82, 2.24) is 5.32 Å². The molecule has 0 bridgehead atoms. The SMILES string of the molecule is CNC(=O)c1cc(Cl)ccc1N1CC(S(N)(=O)=O)CC1=O. The number of sulfonamides is 1. The summed E-state index contributed by atoms with van der Waals surface area (Å²) in [4.78, 5) is 25.1. The lowest BCUT2D eigenvalue weighted by Gasteiger charge is -2.19. The van der Waals surface area contributed by atoms with Crippen LogP contribution < -0.4 is 15.4 Å². The molecule has 1 heterocycles. The quantitative estimate of drug-likeness (QED) is 0.818. The van der Waals surface area contributed by atoms with Crippen molar-refractivity contribution in [2.24, 2.45) is 5.14 Å². The number of hydrogen-bond acceptors (Lipinski definition) is 4. The lowest BCUT2D eigenvalue weighted by molar-refractivity contribution is -0.117. The normalized spacial score (nSPS) is 18.9. The number of anilines is 1. The van der Waals surface area contributed by atoms with E-state index in [2.05, 4.69) is 5.32 Å². The maximum Gasteiger partial charge on any atom is 0.253 e. The molecule has 7 nitrogen and oxygen atoms in total. The Labute approximate surface area is 127 Å². The van der Waals surface area contributed by atoms with Crippen LogP contribution in [0.1, 0.15) is 16.8 Å². The van der Waals surface area contributed by atoms with Crippen LogP contribution in [0, 0.1) is 0 Å². The van der Waals surface area contributed by atoms with Gasteiger partial charge in [0.15, 0.2) is 0 Å². The number of nitrogens with one attached hydrogen (secondary N) is 1. The predicted molar refractivity (Wildman–Crippen MR) is 78.7 cm³/mol. The van der Waals surface area contributed by atoms with E-state index in [4.69, 9.17) is 16.7 Å². The zero-order chi connectivity index (χ0) is 15.8. The Kier molecular flexibility index (Phi) is 4.22. The van der Waals surface area contributed by atoms with E-state index >= 15 is 0 Å². The lowest BCUT2D eigenvalue weighted by Crippen LogP contribution is -2.33. The molecule has 0 aliphatic carbocycles. The smallest absolute Gasteiger partial charge is 0.253 e. The highest BCUT2D eigenvalue weighted by atomic mass is 35.5. The minimum atomic E-state index is -3.81. The molecule has 21 heavy (non-hydrogen) atoms. The van der Waals surface area contributed by atoms with Crippen LogP contribution in [0.5, 0.6) is 0 Å². The summed E-state index contributed by atoms with van der Waals surface area (Å²) < 4.78 is 22.8. The fourth-order valence-electron chi connectivity index (χ4n) is 2.19. The highest BCUT2D eigenvalue weighted by molar-refractivity contribution is 7.89. The van der Waals surface area contributed by atoms with E-state index in [1.165, 1.54) is 30.1 Å². The minimum Gasteiger partial charge on any atom is -0.355 e. The summed E-state index contributed by atoms with van der Waals surface area (Å²) in [6.07, 6.45) is -0.200. The van der Waals surface area contributed by atoms with Crippen molar-refractivity contribution in [1.29, 1.82) is 0 Å². The molecule has 1 aromatic carbocycles. The van der Waals surface area contributed by atoms with Crippen LogP contribution in [0.2, 0.25) is 5.02 Å². The zero-order valence-corrected chi connectivity index (χ0v) is 12.7. The molecule has 0 saturated carbocycles. The van der Waals surface area contributed by atoms with Gasteiger partial charge in [0.2, 0.25) is 15.9 Å². The van der Waals surface area contributed by atoms with Gasteiger partial charge >= 0.3 is 0 Å². The number of rotatable bonds is 3. The number of nitrogens with two attached hydrogens (primary N) is 1. The standard InChI is InChI=1S/C12H14ClN3O4S/c1-15-12(18)9-4-7(13)2-3-10(9)16-6-8(5-11(16)17)21(14,19)20/h2-4,8H,5-6H2,1H3,(H,15,18)(H2,14,19,20). The molecule has 2 amide bonds. The van der Waals surface area contributed by atoms with Gasteiger partial charge in [0.1, 0.15) is 5.25 Å². The van der Waals surface area contributed by atoms with Crippen molar-refractivity contribution in [3.05, 3.63) is 28.8 Å². The highest BCUT2D eigenvalue weighted by Crippen LogP contribution is 2.29. The molecule has 114 valence electrons. The molecule has 0 spiro atoms. The van der Waals surface area contributed by atoms with E-state index in [-0.39, 0.29) is 18.5 Å². The van der Waals surface area contributed by atoms with Gasteiger partial charge in [-0.05, 0) is 18.2 Å². The van der Waals surface area contributed by atoms with Crippen LogP contribution in [-0.4, -0.2) is 39.1 Å². The molecular weight excluding hydrogens is 318 g/mol. The first-order chi connectivity index (χ1) is 9.74. The van der Waals surface area contributed by atoms with Crippen molar-refractivity contribution >= 4 is 39.1 Å². The summed E-state index contributed by atoms with van der Waals surface area (Å²) in [5.41, 5.74) is 0.517. The summed E-state index contributed by atoms with van der Waals surface area (Å²) in [6.45, 7) is -0.0801. The van der Waals surface area contributed by atoms with Crippen LogP contribution in [0.15, 0.2) is 18.2 Å². The summed E-state index contributed by atoms with van der Waals surface area (Å²) in [5, 5.41) is 6.90. The van der Waals surface area contributed by atoms with Gasteiger partial charge in [-0.15, -0.1) is 0 Å². The molecule has 1 fully saturated rings. The Balaban J connectivity index is 2.43. The first-order valence-electron chi connectivity index (χ1n) is 6.07. The fraction of sp³-hybridized carbons (Fsp3) is 0.333. The van der Waals surface area contributed by atoms with Gasteiger partial charge in [0.25, 0.3) is 5.91 Å². The lowest BCUT2D eigenvalue weighted by atomic mass is 10.1. The first kappa shape index (κ1) is 15.7. The summed E-state index contributed by atoms with van der Waals surface area (Å²) in [5.74, 6) is -0.819. The first-order valence-corrected chi connectivity index (χ1v) is 8.06. The number of primary sulfonamides is 1. The number of carbonyl (C=O) groups is 2. The Morgan fingerprint density at radius 1 is 1.48 bits per heavy atom. The van der Waals surface area contributed by atoms with Crippen LogP contribution in [0.25, 0.3) is 0 Å². The molecule has 1 saturated heterocycles. The molecule has 1 aliphatic rings. The van der Waals surface area contributed by atoms with E-state index < -0.39 is 27.1 Å². The van der Waals surface area contributed by atoms with Gasteiger partial charge in [0, 0.05) is 25.0 Å². The van der Waals surface area contributed by atoms with E-state index in [9.17, 15) is 18.0 Å². The van der Waals surface area contributed by atoms with E-state index in [0.717, 1.165) is 0 Å². The molecule has 0 radical (unpaired) electrons. The molecule has 3 N–H and O–H groups in total. The third-order valence-corrected chi connectivity index (χ3v) is 4.76. The molecule has 0 aromatic heterocycles. The van der Waals surface area contributed by atoms with Crippen LogP contribution in [-0.2, 0) is 14.8 Å². The third kappa shape index (κ3) is 3.17. The largest absolute Gasteiger partial charge is 0.355 e. The maximum absolute atomic E-state index is 12.0. The highest BCUT2D eigenvalue weighted by Gasteiger charge is 2.38.